The van der Waals surface area contributed by atoms with Crippen LogP contribution in [0.2, 0.25) is 0 Å². The number of fused-ring (bicyclic) bond motifs is 4. The van der Waals surface area contributed by atoms with Crippen molar-refractivity contribution in [2.24, 2.45) is 11.1 Å². The van der Waals surface area contributed by atoms with E-state index in [1.165, 1.54) is 0 Å². The van der Waals surface area contributed by atoms with Gasteiger partial charge in [-0.15, -0.1) is 0 Å². The molecular weight excluding hydrogens is 254 g/mol. The first-order valence-electron chi connectivity index (χ1n) is 6.41. The van der Waals surface area contributed by atoms with Crippen LogP contribution in [0.1, 0.15) is 13.8 Å². The van der Waals surface area contributed by atoms with E-state index in [2.05, 4.69) is 5.16 Å². The first kappa shape index (κ1) is 11.8. The van der Waals surface area contributed by atoms with E-state index in [1.807, 2.05) is 13.8 Å². The van der Waals surface area contributed by atoms with Crippen LogP contribution in [0.25, 0.3) is 0 Å². The van der Waals surface area contributed by atoms with Gasteiger partial charge in [-0.05, 0) is 13.8 Å². The van der Waals surface area contributed by atoms with Gasteiger partial charge in [0.05, 0.1) is 13.2 Å². The van der Waals surface area contributed by atoms with E-state index in [0.29, 0.717) is 18.9 Å². The van der Waals surface area contributed by atoms with Crippen molar-refractivity contribution in [2.75, 3.05) is 13.2 Å². The highest BCUT2D eigenvalue weighted by atomic mass is 16.8. The third kappa shape index (κ3) is 1.66. The lowest BCUT2D eigenvalue weighted by molar-refractivity contribution is -0.169. The summed E-state index contributed by atoms with van der Waals surface area (Å²) in [6, 6.07) is 0. The van der Waals surface area contributed by atoms with Crippen molar-refractivity contribution >= 4 is 11.5 Å². The Labute approximate surface area is 109 Å². The van der Waals surface area contributed by atoms with Gasteiger partial charge in [0.2, 0.25) is 12.1 Å². The van der Waals surface area contributed by atoms with Crippen LogP contribution in [0.4, 0.5) is 0 Å². The zero-order valence-corrected chi connectivity index (χ0v) is 10.7. The minimum atomic E-state index is -0.784. The molecule has 0 aromatic carbocycles. The maximum atomic E-state index is 12.3. The first-order chi connectivity index (χ1) is 9.05. The largest absolute Gasteiger partial charge is 0.388 e. The maximum absolute atomic E-state index is 12.3. The van der Waals surface area contributed by atoms with E-state index in [9.17, 15) is 4.79 Å². The van der Waals surface area contributed by atoms with Crippen LogP contribution in [0, 0.1) is 5.92 Å². The molecule has 0 aromatic heterocycles. The van der Waals surface area contributed by atoms with Crippen LogP contribution in [-0.2, 0) is 28.6 Å². The smallest absolute Gasteiger partial charge is 0.219 e. The molecular formula is C12H15NO6. The number of oxime groups is 1. The van der Waals surface area contributed by atoms with Crippen LogP contribution < -0.4 is 0 Å². The Morgan fingerprint density at radius 2 is 2.16 bits per heavy atom. The zero-order chi connectivity index (χ0) is 13.2. The van der Waals surface area contributed by atoms with Crippen LogP contribution in [-0.4, -0.2) is 55.1 Å². The first-order valence-corrected chi connectivity index (χ1v) is 6.41. The molecule has 0 aliphatic carbocycles. The summed E-state index contributed by atoms with van der Waals surface area (Å²) in [6.07, 6.45) is -1.75. The summed E-state index contributed by atoms with van der Waals surface area (Å²) < 4.78 is 22.0. The number of Topliss-reactive ketones (excluding diaryl/α,β-unsaturated/α-hetero) is 1. The summed E-state index contributed by atoms with van der Waals surface area (Å²) in [6.45, 7) is 4.41. The molecule has 3 fully saturated rings. The number of ether oxygens (including phenoxy) is 4. The molecule has 5 atom stereocenters. The lowest BCUT2D eigenvalue weighted by Gasteiger charge is -2.28. The van der Waals surface area contributed by atoms with Gasteiger partial charge < -0.3 is 23.8 Å². The molecule has 3 saturated heterocycles. The summed E-state index contributed by atoms with van der Waals surface area (Å²) in [5.41, 5.74) is 0.601. The summed E-state index contributed by atoms with van der Waals surface area (Å²) >= 11 is 0. The fourth-order valence-electron chi connectivity index (χ4n) is 2.98. The predicted molar refractivity (Wildman–Crippen MR) is 60.3 cm³/mol. The molecule has 0 aromatic rings. The van der Waals surface area contributed by atoms with Gasteiger partial charge in [0.25, 0.3) is 0 Å². The van der Waals surface area contributed by atoms with Crippen molar-refractivity contribution in [3.05, 3.63) is 0 Å². The lowest BCUT2D eigenvalue weighted by atomic mass is 9.86. The van der Waals surface area contributed by atoms with Gasteiger partial charge in [-0.1, -0.05) is 5.16 Å². The highest BCUT2D eigenvalue weighted by Gasteiger charge is 2.58. The molecule has 4 aliphatic rings. The summed E-state index contributed by atoms with van der Waals surface area (Å²) in [7, 11) is 0. The molecule has 7 nitrogen and oxygen atoms in total. The van der Waals surface area contributed by atoms with Crippen molar-refractivity contribution in [1.29, 1.82) is 0 Å². The van der Waals surface area contributed by atoms with Crippen molar-refractivity contribution < 1.29 is 28.6 Å². The Balaban J connectivity index is 1.60. The highest BCUT2D eigenvalue weighted by molar-refractivity contribution is 6.10. The van der Waals surface area contributed by atoms with Gasteiger partial charge in [-0.3, -0.25) is 4.79 Å². The summed E-state index contributed by atoms with van der Waals surface area (Å²) in [5.74, 6) is -1.23. The molecule has 4 heterocycles. The van der Waals surface area contributed by atoms with E-state index in [1.54, 1.807) is 0 Å². The van der Waals surface area contributed by atoms with Crippen LogP contribution in [0.15, 0.2) is 5.16 Å². The maximum Gasteiger partial charge on any atom is 0.219 e. The molecule has 4 aliphatic heterocycles. The molecule has 4 rings (SSSR count). The third-order valence-corrected chi connectivity index (χ3v) is 3.88. The Morgan fingerprint density at radius 3 is 2.89 bits per heavy atom. The minimum Gasteiger partial charge on any atom is -0.388 e. The average molecular weight is 269 g/mol. The van der Waals surface area contributed by atoms with E-state index < -0.39 is 24.1 Å². The van der Waals surface area contributed by atoms with E-state index in [0.717, 1.165) is 0 Å². The second kappa shape index (κ2) is 3.76. The van der Waals surface area contributed by atoms with Crippen molar-refractivity contribution in [3.63, 3.8) is 0 Å². The topological polar surface area (TPSA) is 75.6 Å². The van der Waals surface area contributed by atoms with Crippen molar-refractivity contribution in [1.82, 2.24) is 0 Å². The molecule has 7 heteroatoms. The molecule has 104 valence electrons. The van der Waals surface area contributed by atoms with Gasteiger partial charge in [-0.2, -0.15) is 0 Å². The number of hydrogen-bond donors (Lipinski definition) is 0. The predicted octanol–water partition coefficient (Wildman–Crippen LogP) is -0.167. The van der Waals surface area contributed by atoms with E-state index in [4.69, 9.17) is 23.8 Å². The van der Waals surface area contributed by atoms with Crippen LogP contribution in [0.5, 0.6) is 0 Å². The second-order valence-electron chi connectivity index (χ2n) is 5.62. The third-order valence-electron chi connectivity index (χ3n) is 3.88. The van der Waals surface area contributed by atoms with Gasteiger partial charge in [0, 0.05) is 0 Å². The second-order valence-corrected chi connectivity index (χ2v) is 5.62. The number of carbonyl (C=O) groups excluding carboxylic acids is 1. The average Bonchev–Trinajstić information content (AvgIpc) is 3.02. The zero-order valence-electron chi connectivity index (χ0n) is 10.7. The van der Waals surface area contributed by atoms with E-state index >= 15 is 0 Å². The number of carbonyl (C=O) groups is 1. The molecule has 0 radical (unpaired) electrons. The molecule has 0 amide bonds. The van der Waals surface area contributed by atoms with Crippen LogP contribution in [0.3, 0.4) is 0 Å². The van der Waals surface area contributed by atoms with Crippen molar-refractivity contribution in [2.45, 2.75) is 44.2 Å². The van der Waals surface area contributed by atoms with Gasteiger partial charge >= 0.3 is 0 Å². The molecule has 0 saturated carbocycles. The normalized spacial score (nSPS) is 46.9. The number of rotatable bonds is 1. The lowest BCUT2D eigenvalue weighted by Crippen LogP contribution is -2.50. The Bertz CT molecular complexity index is 461. The van der Waals surface area contributed by atoms with E-state index in [-0.39, 0.29) is 18.0 Å². The number of nitrogens with zero attached hydrogens (tertiary/aromatic N) is 1. The Hall–Kier alpha value is -1.02. The molecule has 19 heavy (non-hydrogen) atoms. The molecule has 0 unspecified atom stereocenters. The van der Waals surface area contributed by atoms with Crippen LogP contribution >= 0.6 is 0 Å². The fourth-order valence-corrected chi connectivity index (χ4v) is 2.98. The van der Waals surface area contributed by atoms with Gasteiger partial charge in [0.1, 0.15) is 23.8 Å². The van der Waals surface area contributed by atoms with Crippen molar-refractivity contribution in [3.8, 4) is 0 Å². The monoisotopic (exact) mass is 269 g/mol. The molecule has 0 spiro atoms. The highest BCUT2D eigenvalue weighted by Crippen LogP contribution is 2.38. The molecule has 0 N–H and O–H groups in total. The van der Waals surface area contributed by atoms with Gasteiger partial charge in [0.15, 0.2) is 11.9 Å². The summed E-state index contributed by atoms with van der Waals surface area (Å²) in [4.78, 5) is 17.7. The standard InChI is InChI=1S/C12H15NO6/c1-12(2)16-4-5(18-12)8-7-9(14)11-15-3-6(17-11)10(7)19-13-8/h5-7,10-11H,3-4H2,1-2H3/t5-,6+,7-,10+,11+/m0/s1. The minimum absolute atomic E-state index is 0.136. The fraction of sp³-hybridized carbons (Fsp3) is 0.833. The molecule has 2 bridgehead atoms. The Morgan fingerprint density at radius 1 is 1.32 bits per heavy atom. The number of ketones is 1. The SMILES string of the molecule is CC1(C)OC[C@@H](C2=NO[C@H]3[C@@H]2C(=O)[C@@H]2OC[C@H]3O2)O1. The number of hydrogen-bond acceptors (Lipinski definition) is 7. The Kier molecular flexibility index (Phi) is 2.33. The quantitative estimate of drug-likeness (QED) is 0.658. The summed E-state index contributed by atoms with van der Waals surface area (Å²) in [5, 5.41) is 4.05. The van der Waals surface area contributed by atoms with Gasteiger partial charge in [-0.25, -0.2) is 0 Å².